The van der Waals surface area contributed by atoms with Crippen molar-refractivity contribution in [3.8, 4) is 5.75 Å². The van der Waals surface area contributed by atoms with E-state index < -0.39 is 10.0 Å². The van der Waals surface area contributed by atoms with E-state index in [1.807, 2.05) is 24.3 Å². The highest BCUT2D eigenvalue weighted by atomic mass is 32.2. The third kappa shape index (κ3) is 6.88. The molecule has 1 aromatic heterocycles. The Morgan fingerprint density at radius 1 is 1.23 bits per heavy atom. The predicted octanol–water partition coefficient (Wildman–Crippen LogP) is 3.44. The van der Waals surface area contributed by atoms with Gasteiger partial charge in [0.2, 0.25) is 10.0 Å². The van der Waals surface area contributed by atoms with Gasteiger partial charge < -0.3 is 14.6 Å². The van der Waals surface area contributed by atoms with E-state index in [4.69, 9.17) is 4.74 Å². The molecule has 0 radical (unpaired) electrons. The minimum atomic E-state index is -3.14. The van der Waals surface area contributed by atoms with E-state index in [0.29, 0.717) is 19.1 Å². The first-order chi connectivity index (χ1) is 14.5. The molecule has 0 spiro atoms. The number of anilines is 1. The molecule has 1 heterocycles. The topological polar surface area (TPSA) is 98.1 Å². The van der Waals surface area contributed by atoms with Crippen LogP contribution >= 0.6 is 11.8 Å². The van der Waals surface area contributed by atoms with Gasteiger partial charge in [-0.05, 0) is 31.4 Å². The lowest BCUT2D eigenvalue weighted by Crippen LogP contribution is -2.23. The molecule has 1 aliphatic carbocycles. The molecule has 1 saturated carbocycles. The van der Waals surface area contributed by atoms with Gasteiger partial charge in [-0.25, -0.2) is 13.1 Å². The molecule has 166 valence electrons. The maximum absolute atomic E-state index is 11.2. The fourth-order valence-corrected chi connectivity index (χ4v) is 5.12. The van der Waals surface area contributed by atoms with Crippen molar-refractivity contribution in [3.05, 3.63) is 30.1 Å². The van der Waals surface area contributed by atoms with Gasteiger partial charge in [-0.2, -0.15) is 0 Å². The lowest BCUT2D eigenvalue weighted by Gasteiger charge is -2.25. The van der Waals surface area contributed by atoms with Crippen molar-refractivity contribution < 1.29 is 13.2 Å². The zero-order chi connectivity index (χ0) is 21.4. The van der Waals surface area contributed by atoms with Gasteiger partial charge in [0.15, 0.2) is 11.0 Å². The number of hydrogen-bond donors (Lipinski definition) is 2. The molecule has 0 atom stereocenters. The maximum Gasteiger partial charge on any atom is 0.208 e. The summed E-state index contributed by atoms with van der Waals surface area (Å²) >= 11 is 1.65. The normalized spacial score (nSPS) is 15.3. The molecule has 8 nitrogen and oxygen atoms in total. The molecule has 1 aromatic carbocycles. The predicted molar refractivity (Wildman–Crippen MR) is 121 cm³/mol. The van der Waals surface area contributed by atoms with Crippen LogP contribution in [0.15, 0.2) is 29.4 Å². The van der Waals surface area contributed by atoms with Crippen LogP contribution in [0.1, 0.15) is 50.4 Å². The van der Waals surface area contributed by atoms with Crippen LogP contribution in [-0.4, -0.2) is 48.8 Å². The van der Waals surface area contributed by atoms with E-state index in [0.717, 1.165) is 47.4 Å². The summed E-state index contributed by atoms with van der Waals surface area (Å²) in [6.07, 6.45) is 7.96. The Morgan fingerprint density at radius 3 is 2.77 bits per heavy atom. The third-order valence-electron chi connectivity index (χ3n) is 5.11. The van der Waals surface area contributed by atoms with Crippen LogP contribution in [0.25, 0.3) is 0 Å². The number of nitrogens with one attached hydrogen (secondary N) is 2. The zero-order valence-electron chi connectivity index (χ0n) is 17.6. The number of benzene rings is 1. The van der Waals surface area contributed by atoms with Crippen molar-refractivity contribution in [3.63, 3.8) is 0 Å². The average Bonchev–Trinajstić information content (AvgIpc) is 3.14. The number of ether oxygens (including phenoxy) is 1. The number of rotatable bonds is 11. The molecule has 10 heteroatoms. The lowest BCUT2D eigenvalue weighted by molar-refractivity contribution is 0.330. The van der Waals surface area contributed by atoms with Gasteiger partial charge in [0, 0.05) is 30.1 Å². The Hall–Kier alpha value is -1.78. The number of aromatic nitrogens is 3. The minimum absolute atomic E-state index is 0.424. The largest absolute Gasteiger partial charge is 0.497 e. The summed E-state index contributed by atoms with van der Waals surface area (Å²) in [6.45, 7) is 1.03. The van der Waals surface area contributed by atoms with Crippen LogP contribution in [0.5, 0.6) is 5.75 Å². The Morgan fingerprint density at radius 2 is 2.03 bits per heavy atom. The van der Waals surface area contributed by atoms with Gasteiger partial charge in [0.25, 0.3) is 0 Å². The Balaban J connectivity index is 1.66. The molecule has 2 aromatic rings. The quantitative estimate of drug-likeness (QED) is 0.397. The number of nitrogens with zero attached hydrogens (tertiary/aromatic N) is 3. The Bertz CT molecular complexity index is 911. The van der Waals surface area contributed by atoms with Crippen molar-refractivity contribution in [2.45, 2.75) is 56.3 Å². The monoisotopic (exact) mass is 453 g/mol. The maximum atomic E-state index is 11.2. The number of thioether (sulfide) groups is 1. The Labute approximate surface area is 183 Å². The van der Waals surface area contributed by atoms with E-state index in [2.05, 4.69) is 24.8 Å². The smallest absolute Gasteiger partial charge is 0.208 e. The van der Waals surface area contributed by atoms with Gasteiger partial charge in [-0.3, -0.25) is 0 Å². The lowest BCUT2D eigenvalue weighted by atomic mass is 9.95. The molecule has 1 aliphatic rings. The van der Waals surface area contributed by atoms with Crippen molar-refractivity contribution in [2.24, 2.45) is 0 Å². The van der Waals surface area contributed by atoms with Crippen LogP contribution < -0.4 is 14.8 Å². The number of hydrogen-bond acceptors (Lipinski definition) is 7. The molecule has 30 heavy (non-hydrogen) atoms. The summed E-state index contributed by atoms with van der Waals surface area (Å²) < 4.78 is 32.5. The summed E-state index contributed by atoms with van der Waals surface area (Å²) in [6, 6.07) is 8.27. The van der Waals surface area contributed by atoms with Gasteiger partial charge in [0.1, 0.15) is 5.75 Å². The average molecular weight is 454 g/mol. The zero-order valence-corrected chi connectivity index (χ0v) is 19.3. The molecule has 1 fully saturated rings. The highest BCUT2D eigenvalue weighted by Crippen LogP contribution is 2.33. The minimum Gasteiger partial charge on any atom is -0.497 e. The molecule has 0 amide bonds. The number of methoxy groups -OCH3 is 1. The highest BCUT2D eigenvalue weighted by Gasteiger charge is 2.22. The third-order valence-corrected chi connectivity index (χ3v) is 6.87. The fraction of sp³-hybridized carbons (Fsp3) is 0.600. The van der Waals surface area contributed by atoms with Crippen molar-refractivity contribution in [1.82, 2.24) is 19.5 Å². The van der Waals surface area contributed by atoms with Crippen molar-refractivity contribution in [2.75, 3.05) is 31.0 Å². The van der Waals surface area contributed by atoms with E-state index in [9.17, 15) is 8.42 Å². The van der Waals surface area contributed by atoms with E-state index >= 15 is 0 Å². The summed E-state index contributed by atoms with van der Waals surface area (Å²) in [5.41, 5.74) is 0.980. The van der Waals surface area contributed by atoms with Crippen molar-refractivity contribution >= 4 is 27.5 Å². The molecule has 0 aliphatic heterocycles. The molecular weight excluding hydrogens is 422 g/mol. The molecular formula is C20H31N5O3S2. The first-order valence-electron chi connectivity index (χ1n) is 10.4. The van der Waals surface area contributed by atoms with E-state index in [1.165, 1.54) is 25.5 Å². The molecule has 2 N–H and O–H groups in total. The standard InChI is InChI=1S/C20H31N5O3S2/c1-28-18-11-6-8-16(14-18)21-15-19-23-24-20(25(19)17-9-4-3-5-10-17)29-13-7-12-22-30(2,26)27/h6,8,11,14,17,21-22H,3-5,7,9-10,12-13,15H2,1-2H3. The van der Waals surface area contributed by atoms with Crippen LogP contribution in [0.3, 0.4) is 0 Å². The van der Waals surface area contributed by atoms with E-state index in [1.54, 1.807) is 18.9 Å². The summed E-state index contributed by atoms with van der Waals surface area (Å²) in [5, 5.41) is 13.3. The second kappa shape index (κ2) is 11.0. The fourth-order valence-electron chi connectivity index (χ4n) is 3.64. The van der Waals surface area contributed by atoms with Gasteiger partial charge in [0.05, 0.1) is 19.9 Å². The highest BCUT2D eigenvalue weighted by molar-refractivity contribution is 7.99. The summed E-state index contributed by atoms with van der Waals surface area (Å²) in [4.78, 5) is 0. The summed E-state index contributed by atoms with van der Waals surface area (Å²) in [7, 11) is -1.48. The van der Waals surface area contributed by atoms with Gasteiger partial charge >= 0.3 is 0 Å². The van der Waals surface area contributed by atoms with Crippen molar-refractivity contribution in [1.29, 1.82) is 0 Å². The molecule has 0 unspecified atom stereocenters. The second-order valence-corrected chi connectivity index (χ2v) is 10.4. The SMILES string of the molecule is COc1cccc(NCc2nnc(SCCCNS(C)(=O)=O)n2C2CCCCC2)c1. The van der Waals surface area contributed by atoms with Gasteiger partial charge in [-0.15, -0.1) is 10.2 Å². The number of sulfonamides is 1. The van der Waals surface area contributed by atoms with E-state index in [-0.39, 0.29) is 0 Å². The molecule has 0 saturated heterocycles. The second-order valence-electron chi connectivity index (χ2n) is 7.51. The molecule has 3 rings (SSSR count). The van der Waals surface area contributed by atoms with Gasteiger partial charge in [-0.1, -0.05) is 37.1 Å². The first-order valence-corrected chi connectivity index (χ1v) is 13.2. The van der Waals surface area contributed by atoms with Crippen LogP contribution in [0.2, 0.25) is 0 Å². The molecule has 0 bridgehead atoms. The Kier molecular flexibility index (Phi) is 8.41. The van der Waals surface area contributed by atoms with Crippen LogP contribution in [-0.2, 0) is 16.6 Å². The first kappa shape index (κ1) is 22.9. The van der Waals surface area contributed by atoms with Crippen LogP contribution in [0, 0.1) is 0 Å². The van der Waals surface area contributed by atoms with Crippen LogP contribution in [0.4, 0.5) is 5.69 Å². The summed E-state index contributed by atoms with van der Waals surface area (Å²) in [5.74, 6) is 2.53.